The standard InChI is InChI=1S/C11H13N5O2/c1-12-10-8(17-2)5-14-9(16-10)7-4-13-6-15-11(7)18-3/h4-6H,1-3H3,(H,12,14,16). The summed E-state index contributed by atoms with van der Waals surface area (Å²) in [6.45, 7) is 0. The Bertz CT molecular complexity index is 547. The molecule has 0 fully saturated rings. The van der Waals surface area contributed by atoms with Crippen LogP contribution in [0.3, 0.4) is 0 Å². The second-order valence-corrected chi connectivity index (χ2v) is 3.31. The molecule has 0 spiro atoms. The van der Waals surface area contributed by atoms with E-state index in [1.165, 1.54) is 13.4 Å². The first kappa shape index (κ1) is 12.0. The molecule has 0 radical (unpaired) electrons. The zero-order valence-corrected chi connectivity index (χ0v) is 10.3. The molecule has 0 amide bonds. The molecule has 0 bridgehead atoms. The number of hydrogen-bond acceptors (Lipinski definition) is 7. The predicted octanol–water partition coefficient (Wildman–Crippen LogP) is 0.992. The topological polar surface area (TPSA) is 82.1 Å². The van der Waals surface area contributed by atoms with Gasteiger partial charge in [0.05, 0.1) is 26.0 Å². The number of nitrogens with one attached hydrogen (secondary N) is 1. The van der Waals surface area contributed by atoms with Gasteiger partial charge in [-0.1, -0.05) is 0 Å². The number of rotatable bonds is 4. The monoisotopic (exact) mass is 247 g/mol. The van der Waals surface area contributed by atoms with E-state index in [2.05, 4.69) is 25.3 Å². The largest absolute Gasteiger partial charge is 0.491 e. The number of ether oxygens (including phenoxy) is 2. The van der Waals surface area contributed by atoms with Crippen LogP contribution in [0.1, 0.15) is 0 Å². The van der Waals surface area contributed by atoms with Gasteiger partial charge in [-0.05, 0) is 0 Å². The van der Waals surface area contributed by atoms with Gasteiger partial charge >= 0.3 is 0 Å². The summed E-state index contributed by atoms with van der Waals surface area (Å²) >= 11 is 0. The first-order chi connectivity index (χ1) is 8.80. The van der Waals surface area contributed by atoms with Crippen LogP contribution in [0.25, 0.3) is 11.4 Å². The molecule has 1 N–H and O–H groups in total. The Morgan fingerprint density at radius 2 is 1.94 bits per heavy atom. The fourth-order valence-electron chi connectivity index (χ4n) is 1.46. The van der Waals surface area contributed by atoms with Crippen LogP contribution in [-0.2, 0) is 0 Å². The van der Waals surface area contributed by atoms with Gasteiger partial charge in [0.2, 0.25) is 5.88 Å². The Hall–Kier alpha value is -2.44. The van der Waals surface area contributed by atoms with Crippen molar-refractivity contribution in [1.82, 2.24) is 19.9 Å². The average molecular weight is 247 g/mol. The summed E-state index contributed by atoms with van der Waals surface area (Å²) in [5.41, 5.74) is 0.624. The Morgan fingerprint density at radius 1 is 1.11 bits per heavy atom. The van der Waals surface area contributed by atoms with Crippen molar-refractivity contribution in [2.45, 2.75) is 0 Å². The minimum absolute atomic E-state index is 0.428. The van der Waals surface area contributed by atoms with Gasteiger partial charge < -0.3 is 14.8 Å². The van der Waals surface area contributed by atoms with Crippen molar-refractivity contribution in [2.24, 2.45) is 0 Å². The van der Waals surface area contributed by atoms with Crippen LogP contribution in [0.15, 0.2) is 18.7 Å². The van der Waals surface area contributed by atoms with Gasteiger partial charge in [-0.25, -0.2) is 19.9 Å². The smallest absolute Gasteiger partial charge is 0.227 e. The number of hydrogen-bond donors (Lipinski definition) is 1. The van der Waals surface area contributed by atoms with Crippen LogP contribution in [0.4, 0.5) is 5.82 Å². The second kappa shape index (κ2) is 5.26. The van der Waals surface area contributed by atoms with Crippen molar-refractivity contribution in [2.75, 3.05) is 26.6 Å². The maximum atomic E-state index is 5.15. The molecule has 7 heteroatoms. The molecule has 2 heterocycles. The summed E-state index contributed by atoms with van der Waals surface area (Å²) in [5, 5.41) is 2.94. The molecule has 7 nitrogen and oxygen atoms in total. The van der Waals surface area contributed by atoms with Gasteiger partial charge in [0.15, 0.2) is 17.4 Å². The lowest BCUT2D eigenvalue weighted by Crippen LogP contribution is -2.01. The fourth-order valence-corrected chi connectivity index (χ4v) is 1.46. The molecule has 0 aliphatic rings. The van der Waals surface area contributed by atoms with E-state index in [4.69, 9.17) is 9.47 Å². The lowest BCUT2D eigenvalue weighted by atomic mass is 10.3. The molecule has 94 valence electrons. The summed E-state index contributed by atoms with van der Waals surface area (Å²) in [4.78, 5) is 16.5. The first-order valence-corrected chi connectivity index (χ1v) is 5.23. The highest BCUT2D eigenvalue weighted by atomic mass is 16.5. The fraction of sp³-hybridized carbons (Fsp3) is 0.273. The van der Waals surface area contributed by atoms with E-state index in [-0.39, 0.29) is 0 Å². The maximum Gasteiger partial charge on any atom is 0.227 e. The molecule has 18 heavy (non-hydrogen) atoms. The SMILES string of the molecule is CNc1nc(-c2cncnc2OC)ncc1OC. The Balaban J connectivity index is 2.51. The van der Waals surface area contributed by atoms with Crippen molar-refractivity contribution in [3.05, 3.63) is 18.7 Å². The third-order valence-corrected chi connectivity index (χ3v) is 2.32. The lowest BCUT2D eigenvalue weighted by molar-refractivity contribution is 0.398. The van der Waals surface area contributed by atoms with Crippen molar-refractivity contribution in [3.63, 3.8) is 0 Å². The highest BCUT2D eigenvalue weighted by Gasteiger charge is 2.13. The number of nitrogens with zero attached hydrogens (tertiary/aromatic N) is 4. The lowest BCUT2D eigenvalue weighted by Gasteiger charge is -2.09. The first-order valence-electron chi connectivity index (χ1n) is 5.23. The highest BCUT2D eigenvalue weighted by Crippen LogP contribution is 2.27. The van der Waals surface area contributed by atoms with Crippen LogP contribution in [0.5, 0.6) is 11.6 Å². The quantitative estimate of drug-likeness (QED) is 0.862. The van der Waals surface area contributed by atoms with E-state index in [0.717, 1.165) is 0 Å². The minimum Gasteiger partial charge on any atom is -0.491 e. The summed E-state index contributed by atoms with van der Waals surface area (Å²) in [6, 6.07) is 0. The second-order valence-electron chi connectivity index (χ2n) is 3.31. The van der Waals surface area contributed by atoms with Crippen LogP contribution >= 0.6 is 0 Å². The van der Waals surface area contributed by atoms with Crippen LogP contribution in [0, 0.1) is 0 Å². The van der Waals surface area contributed by atoms with Gasteiger partial charge in [0, 0.05) is 13.2 Å². The number of anilines is 1. The molecule has 0 atom stereocenters. The van der Waals surface area contributed by atoms with Gasteiger partial charge in [0.1, 0.15) is 6.33 Å². The minimum atomic E-state index is 0.428. The predicted molar refractivity (Wildman–Crippen MR) is 65.7 cm³/mol. The van der Waals surface area contributed by atoms with E-state index in [1.54, 1.807) is 26.6 Å². The Kier molecular flexibility index (Phi) is 3.52. The molecule has 0 aliphatic carbocycles. The van der Waals surface area contributed by atoms with E-state index < -0.39 is 0 Å². The van der Waals surface area contributed by atoms with Crippen molar-refractivity contribution >= 4 is 5.82 Å². The molecule has 0 saturated heterocycles. The highest BCUT2D eigenvalue weighted by molar-refractivity contribution is 5.63. The Labute approximate surface area is 104 Å². The molecule has 0 aromatic carbocycles. The zero-order chi connectivity index (χ0) is 13.0. The summed E-state index contributed by atoms with van der Waals surface area (Å²) in [6.07, 6.45) is 4.60. The van der Waals surface area contributed by atoms with E-state index >= 15 is 0 Å². The van der Waals surface area contributed by atoms with Crippen LogP contribution in [0.2, 0.25) is 0 Å². The third-order valence-electron chi connectivity index (χ3n) is 2.32. The summed E-state index contributed by atoms with van der Waals surface area (Å²) in [7, 11) is 4.85. The summed E-state index contributed by atoms with van der Waals surface area (Å²) in [5.74, 6) is 2.06. The van der Waals surface area contributed by atoms with Crippen LogP contribution in [-0.4, -0.2) is 41.2 Å². The number of aromatic nitrogens is 4. The molecule has 2 rings (SSSR count). The average Bonchev–Trinajstić information content (AvgIpc) is 2.46. The third kappa shape index (κ3) is 2.15. The van der Waals surface area contributed by atoms with Gasteiger partial charge in [-0.2, -0.15) is 0 Å². The van der Waals surface area contributed by atoms with Crippen molar-refractivity contribution in [1.29, 1.82) is 0 Å². The molecular formula is C11H13N5O2. The zero-order valence-electron chi connectivity index (χ0n) is 10.3. The molecule has 0 unspecified atom stereocenters. The van der Waals surface area contributed by atoms with Crippen LogP contribution < -0.4 is 14.8 Å². The van der Waals surface area contributed by atoms with E-state index in [0.29, 0.717) is 28.8 Å². The molecule has 0 aliphatic heterocycles. The molecular weight excluding hydrogens is 234 g/mol. The van der Waals surface area contributed by atoms with Gasteiger partial charge in [0.25, 0.3) is 0 Å². The van der Waals surface area contributed by atoms with E-state index in [9.17, 15) is 0 Å². The van der Waals surface area contributed by atoms with E-state index in [1.807, 2.05) is 0 Å². The maximum absolute atomic E-state index is 5.15. The Morgan fingerprint density at radius 3 is 2.61 bits per heavy atom. The molecule has 0 saturated carbocycles. The summed E-state index contributed by atoms with van der Waals surface area (Å²) < 4.78 is 10.3. The molecule has 2 aromatic heterocycles. The van der Waals surface area contributed by atoms with Crippen molar-refractivity contribution < 1.29 is 9.47 Å². The molecule has 2 aromatic rings. The van der Waals surface area contributed by atoms with Gasteiger partial charge in [-0.3, -0.25) is 0 Å². The number of methoxy groups -OCH3 is 2. The normalized spacial score (nSPS) is 9.94. The van der Waals surface area contributed by atoms with Gasteiger partial charge in [-0.15, -0.1) is 0 Å². The van der Waals surface area contributed by atoms with Crippen molar-refractivity contribution in [3.8, 4) is 23.0 Å².